The number of hydrogen-bond donors (Lipinski definition) is 2. The van der Waals surface area contributed by atoms with Gasteiger partial charge in [-0.2, -0.15) is 0 Å². The van der Waals surface area contributed by atoms with Crippen molar-refractivity contribution in [3.05, 3.63) is 57.7 Å². The number of amides is 1. The number of aromatic nitrogens is 3. The molecule has 0 saturated heterocycles. The summed E-state index contributed by atoms with van der Waals surface area (Å²) in [5, 5.41) is 10.5. The highest BCUT2D eigenvalue weighted by Crippen LogP contribution is 2.41. The summed E-state index contributed by atoms with van der Waals surface area (Å²) in [5.41, 5.74) is 2.37. The zero-order valence-corrected chi connectivity index (χ0v) is 19.9. The summed E-state index contributed by atoms with van der Waals surface area (Å²) >= 11 is 2.76. The Balaban J connectivity index is 1.66. The molecule has 1 amide bonds. The molecule has 2 N–H and O–H groups in total. The minimum atomic E-state index is -0.570. The molecule has 4 rings (SSSR count). The fraction of sp³-hybridized carbons (Fsp3) is 0.391. The second-order valence-corrected chi connectivity index (χ2v) is 10.1. The number of aromatic amines is 1. The van der Waals surface area contributed by atoms with Crippen molar-refractivity contribution < 1.29 is 14.3 Å². The van der Waals surface area contributed by atoms with Crippen LogP contribution in [-0.4, -0.2) is 33.7 Å². The van der Waals surface area contributed by atoms with E-state index in [1.807, 2.05) is 37.3 Å². The molecule has 9 heteroatoms. The number of anilines is 1. The minimum Gasteiger partial charge on any atom is -0.462 e. The number of benzene rings is 1. The van der Waals surface area contributed by atoms with Gasteiger partial charge in [0, 0.05) is 4.88 Å². The van der Waals surface area contributed by atoms with Gasteiger partial charge in [-0.15, -0.1) is 16.4 Å². The van der Waals surface area contributed by atoms with E-state index in [4.69, 9.17) is 4.74 Å². The van der Waals surface area contributed by atoms with Crippen LogP contribution in [-0.2, 0) is 22.4 Å². The van der Waals surface area contributed by atoms with Crippen molar-refractivity contribution in [2.75, 3.05) is 11.9 Å². The number of carbonyl (C=O) groups is 2. The van der Waals surface area contributed by atoms with Gasteiger partial charge in [0.1, 0.15) is 16.1 Å². The Morgan fingerprint density at radius 2 is 2.12 bits per heavy atom. The summed E-state index contributed by atoms with van der Waals surface area (Å²) in [6.07, 6.45) is 2.76. The van der Waals surface area contributed by atoms with E-state index in [0.717, 1.165) is 35.3 Å². The lowest BCUT2D eigenvalue weighted by molar-refractivity contribution is -0.115. The van der Waals surface area contributed by atoms with Gasteiger partial charge in [-0.1, -0.05) is 49.0 Å². The highest BCUT2D eigenvalue weighted by atomic mass is 32.2. The highest BCUT2D eigenvalue weighted by molar-refractivity contribution is 8.00. The lowest BCUT2D eigenvalue weighted by Gasteiger charge is -2.18. The molecule has 2 aromatic heterocycles. The smallest absolute Gasteiger partial charge is 0.341 e. The summed E-state index contributed by atoms with van der Waals surface area (Å²) in [5.74, 6) is 0.648. The predicted octanol–water partition coefficient (Wildman–Crippen LogP) is 4.95. The fourth-order valence-electron chi connectivity index (χ4n) is 3.82. The van der Waals surface area contributed by atoms with Crippen LogP contribution >= 0.6 is 23.1 Å². The number of rotatable bonds is 7. The average Bonchev–Trinajstić information content (AvgIpc) is 3.34. The van der Waals surface area contributed by atoms with Crippen molar-refractivity contribution in [2.45, 2.75) is 50.4 Å². The number of ether oxygens (including phenoxy) is 1. The molecule has 0 fully saturated rings. The van der Waals surface area contributed by atoms with E-state index in [1.54, 1.807) is 6.92 Å². The van der Waals surface area contributed by atoms with Gasteiger partial charge in [0.25, 0.3) is 0 Å². The second kappa shape index (κ2) is 9.87. The summed E-state index contributed by atoms with van der Waals surface area (Å²) < 4.78 is 5.33. The number of hydrogen-bond acceptors (Lipinski definition) is 7. The number of nitrogens with one attached hydrogen (secondary N) is 2. The van der Waals surface area contributed by atoms with Gasteiger partial charge in [0.2, 0.25) is 11.1 Å². The van der Waals surface area contributed by atoms with Crippen LogP contribution in [0.4, 0.5) is 5.00 Å². The van der Waals surface area contributed by atoms with Crippen molar-refractivity contribution in [1.29, 1.82) is 0 Å². The Hall–Kier alpha value is -2.65. The van der Waals surface area contributed by atoms with E-state index in [2.05, 4.69) is 27.4 Å². The van der Waals surface area contributed by atoms with Crippen LogP contribution in [0.5, 0.6) is 0 Å². The maximum Gasteiger partial charge on any atom is 0.341 e. The molecule has 168 valence electrons. The summed E-state index contributed by atoms with van der Waals surface area (Å²) in [6, 6.07) is 9.52. The summed E-state index contributed by atoms with van der Waals surface area (Å²) in [7, 11) is 0. The van der Waals surface area contributed by atoms with Gasteiger partial charge < -0.3 is 10.1 Å². The lowest BCUT2D eigenvalue weighted by atomic mass is 9.88. The third-order valence-corrected chi connectivity index (χ3v) is 7.65. The molecule has 1 aliphatic carbocycles. The van der Waals surface area contributed by atoms with Gasteiger partial charge in [-0.25, -0.2) is 9.78 Å². The highest BCUT2D eigenvalue weighted by Gasteiger charge is 2.31. The van der Waals surface area contributed by atoms with E-state index < -0.39 is 5.25 Å². The molecule has 0 unspecified atom stereocenters. The number of carbonyl (C=O) groups excluding carboxylic acids is 2. The minimum absolute atomic E-state index is 0.221. The average molecular weight is 471 g/mol. The Bertz CT molecular complexity index is 1110. The monoisotopic (exact) mass is 470 g/mol. The molecule has 2 atom stereocenters. The van der Waals surface area contributed by atoms with Crippen molar-refractivity contribution in [3.63, 3.8) is 0 Å². The number of thioether (sulfide) groups is 1. The van der Waals surface area contributed by atoms with Crippen molar-refractivity contribution >= 4 is 40.0 Å². The molecule has 1 aromatic carbocycles. The number of H-pyrrole nitrogens is 1. The second-order valence-electron chi connectivity index (χ2n) is 7.88. The standard InChI is InChI=1S/C23H26N4O3S2/c1-4-30-22(29)18-16-11-10-13(2)12-17(16)31-21(18)25-20(28)19(15-8-6-5-7-9-15)32-23-24-14(3)26-27-23/h5-9,13,19H,4,10-12H2,1-3H3,(H,25,28)(H,24,26,27)/t13-,19-/m0/s1. The Labute approximate surface area is 195 Å². The van der Waals surface area contributed by atoms with Gasteiger partial charge >= 0.3 is 5.97 Å². The Morgan fingerprint density at radius 1 is 1.34 bits per heavy atom. The van der Waals surface area contributed by atoms with Gasteiger partial charge in [-0.05, 0) is 50.2 Å². The van der Waals surface area contributed by atoms with E-state index >= 15 is 0 Å². The molecule has 0 aliphatic heterocycles. The lowest BCUT2D eigenvalue weighted by Crippen LogP contribution is -2.21. The molecule has 3 aromatic rings. The summed E-state index contributed by atoms with van der Waals surface area (Å²) in [6.45, 7) is 6.11. The number of thiophene rings is 1. The third kappa shape index (κ3) is 4.88. The maximum absolute atomic E-state index is 13.5. The topological polar surface area (TPSA) is 97.0 Å². The van der Waals surface area contributed by atoms with Gasteiger partial charge in [-0.3, -0.25) is 9.89 Å². The van der Waals surface area contributed by atoms with Crippen molar-refractivity contribution in [1.82, 2.24) is 15.2 Å². The maximum atomic E-state index is 13.5. The van der Waals surface area contributed by atoms with Crippen LogP contribution in [0.1, 0.15) is 57.7 Å². The zero-order chi connectivity index (χ0) is 22.7. The van der Waals surface area contributed by atoms with Crippen LogP contribution in [0.25, 0.3) is 0 Å². The molecular weight excluding hydrogens is 444 g/mol. The predicted molar refractivity (Wildman–Crippen MR) is 126 cm³/mol. The Kier molecular flexibility index (Phi) is 6.95. The van der Waals surface area contributed by atoms with E-state index in [1.165, 1.54) is 23.1 Å². The first-order valence-electron chi connectivity index (χ1n) is 10.7. The molecule has 7 nitrogen and oxygen atoms in total. The van der Waals surface area contributed by atoms with Gasteiger partial charge in [0.15, 0.2) is 0 Å². The fourth-order valence-corrected chi connectivity index (χ4v) is 6.18. The molecule has 0 bridgehead atoms. The first-order valence-corrected chi connectivity index (χ1v) is 12.4. The largest absolute Gasteiger partial charge is 0.462 e. The van der Waals surface area contributed by atoms with E-state index in [0.29, 0.717) is 34.1 Å². The molecule has 2 heterocycles. The van der Waals surface area contributed by atoms with Crippen LogP contribution in [0.15, 0.2) is 35.5 Å². The third-order valence-electron chi connectivity index (χ3n) is 5.37. The van der Waals surface area contributed by atoms with Gasteiger partial charge in [0.05, 0.1) is 12.2 Å². The SMILES string of the molecule is CCOC(=O)c1c(NC(=O)[C@@H](Sc2n[nH]c(C)n2)c2ccccc2)sc2c1CC[C@H](C)C2. The van der Waals surface area contributed by atoms with E-state index in [-0.39, 0.29) is 11.9 Å². The van der Waals surface area contributed by atoms with Crippen molar-refractivity contribution in [2.24, 2.45) is 5.92 Å². The molecule has 32 heavy (non-hydrogen) atoms. The van der Waals surface area contributed by atoms with Crippen LogP contribution in [0, 0.1) is 12.8 Å². The molecular formula is C23H26N4O3S2. The first kappa shape index (κ1) is 22.5. The normalized spacial score (nSPS) is 16.3. The van der Waals surface area contributed by atoms with E-state index in [9.17, 15) is 9.59 Å². The summed E-state index contributed by atoms with van der Waals surface area (Å²) in [4.78, 5) is 31.8. The Morgan fingerprint density at radius 3 is 2.81 bits per heavy atom. The number of aryl methyl sites for hydroxylation is 1. The first-order chi connectivity index (χ1) is 15.5. The number of esters is 1. The van der Waals surface area contributed by atoms with Crippen molar-refractivity contribution in [3.8, 4) is 0 Å². The molecule has 0 spiro atoms. The molecule has 0 radical (unpaired) electrons. The molecule has 0 saturated carbocycles. The number of fused-ring (bicyclic) bond motifs is 1. The van der Waals surface area contributed by atoms with Crippen LogP contribution in [0.3, 0.4) is 0 Å². The van der Waals surface area contributed by atoms with Crippen LogP contribution < -0.4 is 5.32 Å². The molecule has 1 aliphatic rings. The number of nitrogens with zero attached hydrogens (tertiary/aromatic N) is 2. The van der Waals surface area contributed by atoms with Crippen LogP contribution in [0.2, 0.25) is 0 Å². The zero-order valence-electron chi connectivity index (χ0n) is 18.3. The quantitative estimate of drug-likeness (QED) is 0.375.